The van der Waals surface area contributed by atoms with Crippen LogP contribution in [-0.2, 0) is 14.3 Å². The van der Waals surface area contributed by atoms with Crippen molar-refractivity contribution in [2.24, 2.45) is 11.8 Å². The number of benzene rings is 1. The normalized spacial score (nSPS) is 25.5. The van der Waals surface area contributed by atoms with Crippen LogP contribution < -0.4 is 4.74 Å². The number of hydrogen-bond donors (Lipinski definition) is 0. The number of piperidine rings is 2. The summed E-state index contributed by atoms with van der Waals surface area (Å²) in [6.45, 7) is 8.52. The van der Waals surface area contributed by atoms with Gasteiger partial charge in [0.1, 0.15) is 11.9 Å². The first-order valence-electron chi connectivity index (χ1n) is 12.2. The molecule has 0 aromatic heterocycles. The summed E-state index contributed by atoms with van der Waals surface area (Å²) in [4.78, 5) is 32.2. The molecule has 2 atom stereocenters. The summed E-state index contributed by atoms with van der Waals surface area (Å²) in [6.07, 6.45) is 3.41. The fourth-order valence-electron chi connectivity index (χ4n) is 4.94. The van der Waals surface area contributed by atoms with Crippen LogP contribution in [0.5, 0.6) is 5.75 Å². The fraction of sp³-hybridized carbons (Fsp3) is 0.680. The van der Waals surface area contributed by atoms with Gasteiger partial charge in [0.25, 0.3) is 0 Å². The van der Waals surface area contributed by atoms with Crippen LogP contribution in [0, 0.1) is 11.8 Å². The maximum atomic E-state index is 13.1. The smallest absolute Gasteiger partial charge is 0.236 e. The van der Waals surface area contributed by atoms with Crippen LogP contribution in [-0.4, -0.2) is 91.6 Å². The summed E-state index contributed by atoms with van der Waals surface area (Å²) >= 11 is 0. The summed E-state index contributed by atoms with van der Waals surface area (Å²) < 4.78 is 11.7. The summed E-state index contributed by atoms with van der Waals surface area (Å²) in [5.74, 6) is 1.89. The quantitative estimate of drug-likeness (QED) is 0.675. The van der Waals surface area contributed by atoms with Crippen molar-refractivity contribution in [3.63, 3.8) is 0 Å². The molecule has 3 saturated heterocycles. The first-order valence-corrected chi connectivity index (χ1v) is 12.2. The molecule has 3 aliphatic rings. The van der Waals surface area contributed by atoms with E-state index in [9.17, 15) is 9.59 Å². The molecule has 2 amide bonds. The van der Waals surface area contributed by atoms with Crippen LogP contribution >= 0.6 is 0 Å². The lowest BCUT2D eigenvalue weighted by atomic mass is 9.90. The number of hydrogen-bond acceptors (Lipinski definition) is 5. The van der Waals surface area contributed by atoms with Crippen LogP contribution in [0.1, 0.15) is 32.6 Å². The molecule has 7 heteroatoms. The van der Waals surface area contributed by atoms with Crippen molar-refractivity contribution < 1.29 is 19.1 Å². The molecule has 0 spiro atoms. The van der Waals surface area contributed by atoms with Crippen LogP contribution in [0.15, 0.2) is 30.3 Å². The maximum Gasteiger partial charge on any atom is 0.236 e. The minimum Gasteiger partial charge on any atom is -0.490 e. The number of likely N-dealkylation sites (tertiary alicyclic amines) is 2. The molecule has 3 aliphatic heterocycles. The summed E-state index contributed by atoms with van der Waals surface area (Å²) in [5.41, 5.74) is 0. The Bertz CT molecular complexity index is 745. The molecule has 0 unspecified atom stereocenters. The van der Waals surface area contributed by atoms with E-state index >= 15 is 0 Å². The monoisotopic (exact) mass is 443 g/mol. The molecule has 1 aromatic carbocycles. The summed E-state index contributed by atoms with van der Waals surface area (Å²) in [7, 11) is 0. The number of morpholine rings is 1. The lowest BCUT2D eigenvalue weighted by Gasteiger charge is -2.40. The Labute approximate surface area is 191 Å². The first kappa shape index (κ1) is 23.1. The number of ether oxygens (including phenoxy) is 2. The Morgan fingerprint density at radius 2 is 1.66 bits per heavy atom. The Hall–Kier alpha value is -2.12. The second-order valence-corrected chi connectivity index (χ2v) is 9.51. The zero-order valence-corrected chi connectivity index (χ0v) is 19.3. The molecule has 0 radical (unpaired) electrons. The summed E-state index contributed by atoms with van der Waals surface area (Å²) in [5, 5.41) is 0. The van der Waals surface area contributed by atoms with Crippen LogP contribution in [0.3, 0.4) is 0 Å². The Morgan fingerprint density at radius 3 is 2.38 bits per heavy atom. The van der Waals surface area contributed by atoms with E-state index < -0.39 is 0 Å². The third-order valence-electron chi connectivity index (χ3n) is 7.08. The molecule has 176 valence electrons. The zero-order chi connectivity index (χ0) is 22.3. The van der Waals surface area contributed by atoms with Crippen molar-refractivity contribution in [3.05, 3.63) is 30.3 Å². The molecular weight excluding hydrogens is 406 g/mol. The van der Waals surface area contributed by atoms with Crippen molar-refractivity contribution in [1.29, 1.82) is 0 Å². The van der Waals surface area contributed by atoms with E-state index in [1.54, 1.807) is 0 Å². The number of nitrogens with zero attached hydrogens (tertiary/aromatic N) is 3. The van der Waals surface area contributed by atoms with E-state index in [4.69, 9.17) is 9.47 Å². The van der Waals surface area contributed by atoms with E-state index in [2.05, 4.69) is 11.8 Å². The van der Waals surface area contributed by atoms with Gasteiger partial charge in [0.05, 0.1) is 19.8 Å². The topological polar surface area (TPSA) is 62.3 Å². The third-order valence-corrected chi connectivity index (χ3v) is 7.08. The van der Waals surface area contributed by atoms with Gasteiger partial charge >= 0.3 is 0 Å². The molecule has 4 rings (SSSR count). The molecule has 0 bridgehead atoms. The number of amides is 2. The van der Waals surface area contributed by atoms with Gasteiger partial charge in [-0.2, -0.15) is 0 Å². The predicted octanol–water partition coefficient (Wildman–Crippen LogP) is 2.26. The molecule has 7 nitrogen and oxygen atoms in total. The highest BCUT2D eigenvalue weighted by Crippen LogP contribution is 2.27. The van der Waals surface area contributed by atoms with Gasteiger partial charge in [-0.3, -0.25) is 14.5 Å². The average molecular weight is 444 g/mol. The van der Waals surface area contributed by atoms with Crippen molar-refractivity contribution in [2.45, 2.75) is 38.7 Å². The maximum absolute atomic E-state index is 13.1. The van der Waals surface area contributed by atoms with Crippen LogP contribution in [0.2, 0.25) is 0 Å². The highest BCUT2D eigenvalue weighted by molar-refractivity contribution is 5.79. The molecule has 3 heterocycles. The zero-order valence-electron chi connectivity index (χ0n) is 19.3. The average Bonchev–Trinajstić information content (AvgIpc) is 2.83. The summed E-state index contributed by atoms with van der Waals surface area (Å²) in [6, 6.07) is 9.79. The lowest BCUT2D eigenvalue weighted by molar-refractivity contribution is -0.142. The third kappa shape index (κ3) is 6.23. The van der Waals surface area contributed by atoms with Gasteiger partial charge in [0, 0.05) is 44.9 Å². The minimum absolute atomic E-state index is 0.00960. The predicted molar refractivity (Wildman–Crippen MR) is 122 cm³/mol. The van der Waals surface area contributed by atoms with E-state index in [-0.39, 0.29) is 23.8 Å². The Kier molecular flexibility index (Phi) is 8.03. The molecule has 32 heavy (non-hydrogen) atoms. The second kappa shape index (κ2) is 11.1. The van der Waals surface area contributed by atoms with Gasteiger partial charge in [-0.15, -0.1) is 0 Å². The SMILES string of the molecule is CC1CCN(CC(=O)N2CC[C@H](Oc3ccccc3)[C@@H](CC(=O)N3CCOCC3)C2)CC1. The van der Waals surface area contributed by atoms with Crippen molar-refractivity contribution in [3.8, 4) is 5.75 Å². The van der Waals surface area contributed by atoms with E-state index in [1.165, 1.54) is 0 Å². The van der Waals surface area contributed by atoms with Crippen molar-refractivity contribution >= 4 is 11.8 Å². The van der Waals surface area contributed by atoms with Crippen molar-refractivity contribution in [2.75, 3.05) is 59.0 Å². The van der Waals surface area contributed by atoms with E-state index in [0.717, 1.165) is 44.0 Å². The Morgan fingerprint density at radius 1 is 0.938 bits per heavy atom. The largest absolute Gasteiger partial charge is 0.490 e. The van der Waals surface area contributed by atoms with Gasteiger partial charge in [-0.25, -0.2) is 0 Å². The Balaban J connectivity index is 1.38. The molecule has 0 aliphatic carbocycles. The van der Waals surface area contributed by atoms with E-state index in [1.807, 2.05) is 40.1 Å². The number of para-hydroxylation sites is 1. The first-order chi connectivity index (χ1) is 15.6. The highest BCUT2D eigenvalue weighted by atomic mass is 16.5. The second-order valence-electron chi connectivity index (χ2n) is 9.51. The van der Waals surface area contributed by atoms with Crippen LogP contribution in [0.4, 0.5) is 0 Å². The number of carbonyl (C=O) groups excluding carboxylic acids is 2. The number of carbonyl (C=O) groups is 2. The standard InChI is InChI=1S/C25H37N3O4/c1-20-7-10-26(11-8-20)19-25(30)28-12-9-23(32-22-5-3-2-4-6-22)21(18-28)17-24(29)27-13-15-31-16-14-27/h2-6,20-21,23H,7-19H2,1H3/t21-,23-/m0/s1. The molecule has 3 fully saturated rings. The van der Waals surface area contributed by atoms with Gasteiger partial charge in [-0.05, 0) is 44.0 Å². The van der Waals surface area contributed by atoms with Gasteiger partial charge < -0.3 is 19.3 Å². The molecule has 1 aromatic rings. The molecule has 0 N–H and O–H groups in total. The van der Waals surface area contributed by atoms with Crippen LogP contribution in [0.25, 0.3) is 0 Å². The minimum atomic E-state index is -0.0673. The number of rotatable bonds is 6. The molecule has 0 saturated carbocycles. The van der Waals surface area contributed by atoms with Gasteiger partial charge in [0.15, 0.2) is 0 Å². The van der Waals surface area contributed by atoms with Crippen molar-refractivity contribution in [1.82, 2.24) is 14.7 Å². The van der Waals surface area contributed by atoms with E-state index in [0.29, 0.717) is 52.4 Å². The van der Waals surface area contributed by atoms with Gasteiger partial charge in [0.2, 0.25) is 11.8 Å². The lowest BCUT2D eigenvalue weighted by Crippen LogP contribution is -2.52. The molecular formula is C25H37N3O4. The van der Waals surface area contributed by atoms with Gasteiger partial charge in [-0.1, -0.05) is 25.1 Å². The fourth-order valence-corrected chi connectivity index (χ4v) is 4.94. The highest BCUT2D eigenvalue weighted by Gasteiger charge is 2.36.